The van der Waals surface area contributed by atoms with E-state index in [4.69, 9.17) is 10.5 Å². The van der Waals surface area contributed by atoms with Crippen molar-refractivity contribution >= 4 is 6.03 Å². The number of rotatable bonds is 3. The Morgan fingerprint density at radius 3 is 3.12 bits per heavy atom. The molecule has 92 valence electrons. The third-order valence-electron chi connectivity index (χ3n) is 3.09. The number of urea groups is 1. The second-order valence-electron chi connectivity index (χ2n) is 4.40. The van der Waals surface area contributed by atoms with Crippen LogP contribution in [0.1, 0.15) is 17.5 Å². The van der Waals surface area contributed by atoms with E-state index < -0.39 is 0 Å². The molecule has 0 saturated heterocycles. The van der Waals surface area contributed by atoms with Gasteiger partial charge in [-0.3, -0.25) is 0 Å². The topological polar surface area (TPSA) is 55.6 Å². The molecule has 0 bridgehead atoms. The smallest absolute Gasteiger partial charge is 0.314 e. The minimum atomic E-state index is -0.383. The molecule has 2 amide bonds. The first-order chi connectivity index (χ1) is 8.16. The van der Waals surface area contributed by atoms with E-state index in [9.17, 15) is 4.79 Å². The molecule has 0 spiro atoms. The second-order valence-corrected chi connectivity index (χ2v) is 4.40. The number of nitrogens with zero attached hydrogens (tertiary/aromatic N) is 1. The zero-order chi connectivity index (χ0) is 12.3. The van der Waals surface area contributed by atoms with Gasteiger partial charge in [0.05, 0.1) is 6.61 Å². The largest absolute Gasteiger partial charge is 0.493 e. The standard InChI is InChI=1S/C13H18N2O2/c1-15(13(14)16)7-6-10-4-5-12-11(9-10)3-2-8-17-12/h4-5,9H,2-3,6-8H2,1H3,(H2,14,16). The molecule has 1 aliphatic rings. The molecule has 0 radical (unpaired) electrons. The third kappa shape index (κ3) is 2.90. The SMILES string of the molecule is CN(CCc1ccc2c(c1)CCCO2)C(N)=O. The summed E-state index contributed by atoms with van der Waals surface area (Å²) in [7, 11) is 1.71. The summed E-state index contributed by atoms with van der Waals surface area (Å²) in [5, 5.41) is 0. The summed E-state index contributed by atoms with van der Waals surface area (Å²) in [6, 6.07) is 5.86. The minimum absolute atomic E-state index is 0.383. The van der Waals surface area contributed by atoms with Gasteiger partial charge in [0.25, 0.3) is 0 Å². The average molecular weight is 234 g/mol. The number of nitrogens with two attached hydrogens (primary N) is 1. The van der Waals surface area contributed by atoms with Crippen molar-refractivity contribution in [2.24, 2.45) is 5.73 Å². The molecule has 0 saturated carbocycles. The van der Waals surface area contributed by atoms with Crippen LogP contribution in [-0.4, -0.2) is 31.1 Å². The van der Waals surface area contributed by atoms with E-state index in [1.807, 2.05) is 6.07 Å². The van der Waals surface area contributed by atoms with Crippen molar-refractivity contribution in [3.8, 4) is 5.75 Å². The van der Waals surface area contributed by atoms with Crippen LogP contribution in [0.25, 0.3) is 0 Å². The summed E-state index contributed by atoms with van der Waals surface area (Å²) < 4.78 is 5.56. The van der Waals surface area contributed by atoms with Crippen molar-refractivity contribution in [3.63, 3.8) is 0 Å². The number of hydrogen-bond acceptors (Lipinski definition) is 2. The third-order valence-corrected chi connectivity index (χ3v) is 3.09. The molecule has 0 aliphatic carbocycles. The van der Waals surface area contributed by atoms with Crippen molar-refractivity contribution in [1.82, 2.24) is 4.90 Å². The molecule has 4 heteroatoms. The monoisotopic (exact) mass is 234 g/mol. The molecule has 0 fully saturated rings. The molecule has 2 N–H and O–H groups in total. The maximum atomic E-state index is 10.9. The first-order valence-electron chi connectivity index (χ1n) is 5.92. The van der Waals surface area contributed by atoms with Crippen LogP contribution in [0.2, 0.25) is 0 Å². The normalized spacial score (nSPS) is 13.7. The number of benzene rings is 1. The van der Waals surface area contributed by atoms with Gasteiger partial charge >= 0.3 is 6.03 Å². The Morgan fingerprint density at radius 1 is 1.53 bits per heavy atom. The maximum Gasteiger partial charge on any atom is 0.314 e. The number of hydrogen-bond donors (Lipinski definition) is 1. The van der Waals surface area contributed by atoms with Crippen molar-refractivity contribution in [3.05, 3.63) is 29.3 Å². The van der Waals surface area contributed by atoms with Gasteiger partial charge in [0.15, 0.2) is 0 Å². The van der Waals surface area contributed by atoms with Crippen LogP contribution < -0.4 is 10.5 Å². The van der Waals surface area contributed by atoms with Gasteiger partial charge in [-0.2, -0.15) is 0 Å². The number of amides is 2. The van der Waals surface area contributed by atoms with Gasteiger partial charge in [0, 0.05) is 13.6 Å². The van der Waals surface area contributed by atoms with E-state index in [1.165, 1.54) is 16.0 Å². The number of fused-ring (bicyclic) bond motifs is 1. The Balaban J connectivity index is 2.00. The van der Waals surface area contributed by atoms with Gasteiger partial charge in [0.2, 0.25) is 0 Å². The molecule has 0 aromatic heterocycles. The van der Waals surface area contributed by atoms with E-state index >= 15 is 0 Å². The minimum Gasteiger partial charge on any atom is -0.493 e. The van der Waals surface area contributed by atoms with Gasteiger partial charge < -0.3 is 15.4 Å². The molecular weight excluding hydrogens is 216 g/mol. The fraction of sp³-hybridized carbons (Fsp3) is 0.462. The van der Waals surface area contributed by atoms with Crippen LogP contribution in [0.4, 0.5) is 4.79 Å². The van der Waals surface area contributed by atoms with Crippen molar-refractivity contribution < 1.29 is 9.53 Å². The van der Waals surface area contributed by atoms with E-state index in [0.717, 1.165) is 31.6 Å². The highest BCUT2D eigenvalue weighted by Gasteiger charge is 2.11. The van der Waals surface area contributed by atoms with Gasteiger partial charge in [0.1, 0.15) is 5.75 Å². The molecule has 2 rings (SSSR count). The second kappa shape index (κ2) is 5.08. The number of likely N-dealkylation sites (N-methyl/N-ethyl adjacent to an activating group) is 1. The summed E-state index contributed by atoms with van der Waals surface area (Å²) in [6.45, 7) is 1.46. The van der Waals surface area contributed by atoms with Gasteiger partial charge in [-0.05, 0) is 36.5 Å². The van der Waals surface area contributed by atoms with Crippen LogP contribution in [0, 0.1) is 0 Å². The molecule has 1 aromatic rings. The average Bonchev–Trinajstić information content (AvgIpc) is 2.35. The lowest BCUT2D eigenvalue weighted by Crippen LogP contribution is -2.33. The van der Waals surface area contributed by atoms with Crippen molar-refractivity contribution in [1.29, 1.82) is 0 Å². The Hall–Kier alpha value is -1.71. The van der Waals surface area contributed by atoms with Crippen LogP contribution >= 0.6 is 0 Å². The molecule has 1 aromatic carbocycles. The molecule has 0 unspecified atom stereocenters. The number of carbonyl (C=O) groups is 1. The highest BCUT2D eigenvalue weighted by Crippen LogP contribution is 2.25. The fourth-order valence-corrected chi connectivity index (χ4v) is 1.98. The quantitative estimate of drug-likeness (QED) is 0.863. The lowest BCUT2D eigenvalue weighted by atomic mass is 10.0. The summed E-state index contributed by atoms with van der Waals surface area (Å²) in [5.41, 5.74) is 7.68. The number of ether oxygens (including phenoxy) is 1. The summed E-state index contributed by atoms with van der Waals surface area (Å²) in [6.07, 6.45) is 2.99. The molecule has 0 atom stereocenters. The zero-order valence-corrected chi connectivity index (χ0v) is 10.1. The predicted octanol–water partition coefficient (Wildman–Crippen LogP) is 1.56. The maximum absolute atomic E-state index is 10.9. The highest BCUT2D eigenvalue weighted by molar-refractivity contribution is 5.71. The highest BCUT2D eigenvalue weighted by atomic mass is 16.5. The molecule has 4 nitrogen and oxygen atoms in total. The van der Waals surface area contributed by atoms with Crippen molar-refractivity contribution in [2.45, 2.75) is 19.3 Å². The van der Waals surface area contributed by atoms with E-state index in [2.05, 4.69) is 12.1 Å². The Kier molecular flexibility index (Phi) is 3.52. The van der Waals surface area contributed by atoms with Gasteiger partial charge in [-0.15, -0.1) is 0 Å². The van der Waals surface area contributed by atoms with Crippen LogP contribution in [0.3, 0.4) is 0 Å². The van der Waals surface area contributed by atoms with Crippen LogP contribution in [0.5, 0.6) is 5.75 Å². The fourth-order valence-electron chi connectivity index (χ4n) is 1.98. The molecule has 17 heavy (non-hydrogen) atoms. The van der Waals surface area contributed by atoms with Gasteiger partial charge in [-0.1, -0.05) is 12.1 Å². The summed E-state index contributed by atoms with van der Waals surface area (Å²) in [4.78, 5) is 12.4. The van der Waals surface area contributed by atoms with Crippen molar-refractivity contribution in [2.75, 3.05) is 20.2 Å². The predicted molar refractivity (Wildman–Crippen MR) is 66.2 cm³/mol. The van der Waals surface area contributed by atoms with Crippen LogP contribution in [0.15, 0.2) is 18.2 Å². The number of primary amides is 1. The van der Waals surface area contributed by atoms with Crippen LogP contribution in [-0.2, 0) is 12.8 Å². The lowest BCUT2D eigenvalue weighted by Gasteiger charge is -2.19. The summed E-state index contributed by atoms with van der Waals surface area (Å²) >= 11 is 0. The van der Waals surface area contributed by atoms with E-state index in [1.54, 1.807) is 7.05 Å². The number of carbonyl (C=O) groups excluding carboxylic acids is 1. The summed E-state index contributed by atoms with van der Waals surface area (Å²) in [5.74, 6) is 1.00. The van der Waals surface area contributed by atoms with E-state index in [-0.39, 0.29) is 6.03 Å². The number of aryl methyl sites for hydroxylation is 1. The zero-order valence-electron chi connectivity index (χ0n) is 10.1. The Morgan fingerprint density at radius 2 is 2.35 bits per heavy atom. The first-order valence-corrected chi connectivity index (χ1v) is 5.92. The molecular formula is C13H18N2O2. The van der Waals surface area contributed by atoms with E-state index in [0.29, 0.717) is 6.54 Å². The first kappa shape index (κ1) is 11.8. The molecule has 1 heterocycles. The lowest BCUT2D eigenvalue weighted by molar-refractivity contribution is 0.219. The Bertz CT molecular complexity index is 418. The van der Waals surface area contributed by atoms with Gasteiger partial charge in [-0.25, -0.2) is 4.79 Å². The Labute approximate surface area is 101 Å². The molecule has 1 aliphatic heterocycles.